The first kappa shape index (κ1) is 23.8. The van der Waals surface area contributed by atoms with Crippen molar-refractivity contribution in [3.05, 3.63) is 78.4 Å². The molecule has 1 saturated heterocycles. The highest BCUT2D eigenvalue weighted by Gasteiger charge is 2.19. The van der Waals surface area contributed by atoms with E-state index >= 15 is 0 Å². The second-order valence-electron chi connectivity index (χ2n) is 8.69. The molecule has 1 fully saturated rings. The molecule has 4 heterocycles. The van der Waals surface area contributed by atoms with Gasteiger partial charge in [-0.3, -0.25) is 4.40 Å². The Hall–Kier alpha value is -3.96. The van der Waals surface area contributed by atoms with Crippen molar-refractivity contribution in [3.63, 3.8) is 0 Å². The predicted octanol–water partition coefficient (Wildman–Crippen LogP) is 3.36. The number of hydrogen-bond donors (Lipinski definition) is 2. The lowest BCUT2D eigenvalue weighted by Gasteiger charge is -2.37. The van der Waals surface area contributed by atoms with Crippen molar-refractivity contribution in [2.24, 2.45) is 10.7 Å². The summed E-state index contributed by atoms with van der Waals surface area (Å²) in [7, 11) is 4.07. The molecule has 0 bridgehead atoms. The van der Waals surface area contributed by atoms with Gasteiger partial charge in [0.05, 0.1) is 27.4 Å². The van der Waals surface area contributed by atoms with Gasteiger partial charge in [-0.15, -0.1) is 11.3 Å². The van der Waals surface area contributed by atoms with Gasteiger partial charge in [-0.25, -0.2) is 14.4 Å². The number of nitrogens with two attached hydrogens (primary N) is 1. The van der Waals surface area contributed by atoms with Crippen LogP contribution in [0.2, 0.25) is 0 Å². The topological polar surface area (TPSA) is 90.3 Å². The Labute approximate surface area is 212 Å². The van der Waals surface area contributed by atoms with Crippen molar-refractivity contribution >= 4 is 44.5 Å². The Kier molecular flexibility index (Phi) is 6.57. The van der Waals surface area contributed by atoms with E-state index in [-0.39, 0.29) is 11.7 Å². The molecule has 0 amide bonds. The largest absolute Gasteiger partial charge is 0.383 e. The van der Waals surface area contributed by atoms with Crippen LogP contribution in [0.25, 0.3) is 15.7 Å². The third-order valence-electron chi connectivity index (χ3n) is 6.21. The van der Waals surface area contributed by atoms with E-state index in [0.29, 0.717) is 11.8 Å². The summed E-state index contributed by atoms with van der Waals surface area (Å²) in [5.74, 6) is 1.65. The van der Waals surface area contributed by atoms with Crippen LogP contribution in [-0.4, -0.2) is 70.3 Å². The van der Waals surface area contributed by atoms with Crippen LogP contribution in [0, 0.1) is 5.82 Å². The van der Waals surface area contributed by atoms with Crippen LogP contribution in [0.3, 0.4) is 0 Å². The summed E-state index contributed by atoms with van der Waals surface area (Å²) in [6.45, 7) is 7.76. The van der Waals surface area contributed by atoms with Crippen LogP contribution in [0.15, 0.2) is 77.5 Å². The summed E-state index contributed by atoms with van der Waals surface area (Å²) in [6.07, 6.45) is 4.75. The van der Waals surface area contributed by atoms with E-state index in [9.17, 15) is 4.39 Å². The van der Waals surface area contributed by atoms with Crippen molar-refractivity contribution in [1.82, 2.24) is 29.5 Å². The number of pyridine rings is 1. The van der Waals surface area contributed by atoms with E-state index in [1.165, 1.54) is 12.3 Å². The SMILES string of the molecule is C=C(NC(=CC(N)=Nc1ncc2ccc(F)cn12)N1CCN(C)CC1)N(C)c1ccc2ncsc2c1. The van der Waals surface area contributed by atoms with Crippen LogP contribution in [-0.2, 0) is 0 Å². The zero-order valence-corrected chi connectivity index (χ0v) is 21.0. The fourth-order valence-electron chi connectivity index (χ4n) is 4.01. The van der Waals surface area contributed by atoms with Crippen molar-refractivity contribution in [3.8, 4) is 0 Å². The molecule has 1 aliphatic rings. The average Bonchev–Trinajstić information content (AvgIpc) is 3.50. The number of imidazole rings is 1. The third-order valence-corrected chi connectivity index (χ3v) is 7.00. The molecule has 1 aromatic carbocycles. The van der Waals surface area contributed by atoms with Crippen LogP contribution in [0.4, 0.5) is 16.0 Å². The summed E-state index contributed by atoms with van der Waals surface area (Å²) in [5.41, 5.74) is 10.9. The third kappa shape index (κ3) is 5.02. The molecule has 0 spiro atoms. The Morgan fingerprint density at radius 1 is 1.22 bits per heavy atom. The van der Waals surface area contributed by atoms with E-state index in [0.717, 1.165) is 53.4 Å². The Morgan fingerprint density at radius 2 is 2.03 bits per heavy atom. The molecule has 3 aromatic heterocycles. The highest BCUT2D eigenvalue weighted by atomic mass is 32.1. The zero-order valence-electron chi connectivity index (χ0n) is 20.2. The van der Waals surface area contributed by atoms with Crippen LogP contribution in [0.5, 0.6) is 0 Å². The lowest BCUT2D eigenvalue weighted by atomic mass is 10.2. The van der Waals surface area contributed by atoms with Crippen molar-refractivity contribution in [2.75, 3.05) is 45.2 Å². The number of aliphatic imine (C=N–C) groups is 1. The maximum Gasteiger partial charge on any atom is 0.236 e. The van der Waals surface area contributed by atoms with Crippen LogP contribution < -0.4 is 16.0 Å². The first-order valence-electron chi connectivity index (χ1n) is 11.5. The number of rotatable bonds is 7. The van der Waals surface area contributed by atoms with Gasteiger partial charge >= 0.3 is 0 Å². The number of nitrogens with one attached hydrogen (secondary N) is 1. The monoisotopic (exact) mass is 505 g/mol. The number of amidine groups is 1. The summed E-state index contributed by atoms with van der Waals surface area (Å²) < 4.78 is 16.4. The van der Waals surface area contributed by atoms with Crippen molar-refractivity contribution in [2.45, 2.75) is 0 Å². The first-order chi connectivity index (χ1) is 17.4. The summed E-state index contributed by atoms with van der Waals surface area (Å²) >= 11 is 1.60. The van der Waals surface area contributed by atoms with E-state index in [2.05, 4.69) is 49.8 Å². The van der Waals surface area contributed by atoms with Gasteiger partial charge in [0.2, 0.25) is 5.95 Å². The number of aromatic nitrogens is 3. The number of piperazine rings is 1. The van der Waals surface area contributed by atoms with Gasteiger partial charge in [0.25, 0.3) is 0 Å². The number of hydrogen-bond acceptors (Lipinski definition) is 8. The number of fused-ring (bicyclic) bond motifs is 2. The van der Waals surface area contributed by atoms with E-state index in [4.69, 9.17) is 5.73 Å². The van der Waals surface area contributed by atoms with Crippen molar-refractivity contribution in [1.29, 1.82) is 0 Å². The molecule has 0 radical (unpaired) electrons. The Morgan fingerprint density at radius 3 is 2.83 bits per heavy atom. The first-order valence-corrected chi connectivity index (χ1v) is 12.4. The highest BCUT2D eigenvalue weighted by Crippen LogP contribution is 2.25. The Balaban J connectivity index is 1.42. The van der Waals surface area contributed by atoms with E-state index in [1.54, 1.807) is 34.1 Å². The number of anilines is 1. The highest BCUT2D eigenvalue weighted by molar-refractivity contribution is 7.16. The molecule has 0 atom stereocenters. The fraction of sp³-hybridized carbons (Fsp3) is 0.240. The minimum absolute atomic E-state index is 0.245. The number of thiazole rings is 1. The molecule has 0 aliphatic carbocycles. The van der Waals surface area contributed by atoms with Crippen molar-refractivity contribution < 1.29 is 4.39 Å². The second kappa shape index (κ2) is 9.96. The quantitative estimate of drug-likeness (QED) is 0.294. The van der Waals surface area contributed by atoms with Crippen LogP contribution >= 0.6 is 11.3 Å². The molecule has 0 unspecified atom stereocenters. The molecule has 4 aromatic rings. The number of benzene rings is 1. The lowest BCUT2D eigenvalue weighted by Crippen LogP contribution is -2.47. The molecule has 11 heteroatoms. The van der Waals surface area contributed by atoms with Gasteiger partial charge in [0.1, 0.15) is 23.3 Å². The smallest absolute Gasteiger partial charge is 0.236 e. The summed E-state index contributed by atoms with van der Waals surface area (Å²) in [5, 5.41) is 3.44. The van der Waals surface area contributed by atoms with Gasteiger partial charge in [0, 0.05) is 51.2 Å². The van der Waals surface area contributed by atoms with Crippen LogP contribution in [0.1, 0.15) is 0 Å². The summed E-state index contributed by atoms with van der Waals surface area (Å²) in [4.78, 5) is 19.6. The zero-order chi connectivity index (χ0) is 25.2. The minimum atomic E-state index is -0.373. The summed E-state index contributed by atoms with van der Waals surface area (Å²) in [6, 6.07) is 9.15. The molecule has 9 nitrogen and oxygen atoms in total. The molecule has 5 rings (SSSR count). The molecule has 3 N–H and O–H groups in total. The van der Waals surface area contributed by atoms with Gasteiger partial charge in [0.15, 0.2) is 0 Å². The fourth-order valence-corrected chi connectivity index (χ4v) is 4.73. The lowest BCUT2D eigenvalue weighted by molar-refractivity contribution is 0.180. The molecule has 186 valence electrons. The number of nitrogens with zero attached hydrogens (tertiary/aromatic N) is 7. The van der Waals surface area contributed by atoms with Gasteiger partial charge in [-0.05, 0) is 37.4 Å². The minimum Gasteiger partial charge on any atom is -0.383 e. The maximum absolute atomic E-state index is 13.8. The van der Waals surface area contributed by atoms with Gasteiger partial charge in [-0.2, -0.15) is 4.99 Å². The molecule has 36 heavy (non-hydrogen) atoms. The molecular weight excluding hydrogens is 477 g/mol. The molecular formula is C25H28FN9S. The second-order valence-corrected chi connectivity index (χ2v) is 9.58. The molecule has 1 aliphatic heterocycles. The maximum atomic E-state index is 13.8. The normalized spacial score (nSPS) is 15.6. The number of likely N-dealkylation sites (N-methyl/N-ethyl adjacent to an activating group) is 1. The Bertz CT molecular complexity index is 1460. The number of halogens is 1. The average molecular weight is 506 g/mol. The predicted molar refractivity (Wildman–Crippen MR) is 144 cm³/mol. The van der Waals surface area contributed by atoms with Gasteiger partial charge in [-0.1, -0.05) is 6.58 Å². The standard InChI is InChI=1S/C25H28FN9S/c1-17(33(3)19-6-7-21-22(12-19)36-16-29-21)30-24(34-10-8-32(2)9-11-34)13-23(27)31-25-28-14-20-5-4-18(26)15-35(20)25/h4-7,12-16,30H,1,8-11H2,2-3H3,(H2,27,28,31). The van der Waals surface area contributed by atoms with Gasteiger partial charge < -0.3 is 25.8 Å². The van der Waals surface area contributed by atoms with E-state index in [1.807, 2.05) is 29.6 Å². The molecule has 0 saturated carbocycles. The van der Waals surface area contributed by atoms with E-state index < -0.39 is 0 Å².